The van der Waals surface area contributed by atoms with Crippen LogP contribution in [0.1, 0.15) is 28.9 Å². The molecule has 0 aliphatic heterocycles. The monoisotopic (exact) mass is 478 g/mol. The lowest BCUT2D eigenvalue weighted by molar-refractivity contribution is -0.274. The molecule has 1 amide bonds. The normalized spacial score (nSPS) is 13.9. The molecule has 2 aromatic carbocycles. The number of hydrogen-bond acceptors (Lipinski definition) is 4. The molecule has 0 saturated carbocycles. The van der Waals surface area contributed by atoms with Crippen LogP contribution in [0.15, 0.2) is 47.5 Å². The van der Waals surface area contributed by atoms with Gasteiger partial charge in [0, 0.05) is 5.56 Å². The van der Waals surface area contributed by atoms with Crippen LogP contribution in [0.3, 0.4) is 0 Å². The number of fused-ring (bicyclic) bond motifs is 1. The van der Waals surface area contributed by atoms with E-state index >= 15 is 0 Å². The van der Waals surface area contributed by atoms with Crippen LogP contribution in [0, 0.1) is 0 Å². The summed E-state index contributed by atoms with van der Waals surface area (Å²) >= 11 is 0.685. The molecule has 3 rings (SSSR count). The van der Waals surface area contributed by atoms with Crippen LogP contribution in [0.2, 0.25) is 0 Å². The van der Waals surface area contributed by atoms with E-state index in [0.29, 0.717) is 17.4 Å². The summed E-state index contributed by atoms with van der Waals surface area (Å²) in [5.74, 6) is -2.98. The first kappa shape index (κ1) is 23.3. The predicted octanol–water partition coefficient (Wildman–Crippen LogP) is 5.01. The first-order valence-electron chi connectivity index (χ1n) is 8.66. The summed E-state index contributed by atoms with van der Waals surface area (Å²) in [4.78, 5) is 27.6. The Morgan fingerprint density at radius 2 is 1.78 bits per heavy atom. The highest BCUT2D eigenvalue weighted by Crippen LogP contribution is 2.31. The zero-order valence-corrected chi connectivity index (χ0v) is 16.7. The topological polar surface area (TPSA) is 80.9 Å². The third-order valence-electron chi connectivity index (χ3n) is 4.21. The Kier molecular flexibility index (Phi) is 6.05. The van der Waals surface area contributed by atoms with E-state index in [1.54, 1.807) is 0 Å². The molecule has 3 aromatic rings. The number of nitrogens with zero attached hydrogens (tertiary/aromatic N) is 2. The number of ether oxygens (including phenoxy) is 1. The van der Waals surface area contributed by atoms with Gasteiger partial charge >= 0.3 is 18.5 Å². The van der Waals surface area contributed by atoms with Crippen LogP contribution in [-0.4, -0.2) is 27.9 Å². The zero-order chi connectivity index (χ0) is 23.8. The van der Waals surface area contributed by atoms with Crippen LogP contribution in [0.25, 0.3) is 10.2 Å². The van der Waals surface area contributed by atoms with E-state index < -0.39 is 47.3 Å². The van der Waals surface area contributed by atoms with Crippen molar-refractivity contribution in [2.24, 2.45) is 4.99 Å². The highest BCUT2D eigenvalue weighted by molar-refractivity contribution is 7.16. The predicted molar refractivity (Wildman–Crippen MR) is 100 cm³/mol. The Morgan fingerprint density at radius 1 is 1.09 bits per heavy atom. The van der Waals surface area contributed by atoms with Crippen LogP contribution in [0.4, 0.5) is 26.3 Å². The molecule has 32 heavy (non-hydrogen) atoms. The van der Waals surface area contributed by atoms with E-state index in [2.05, 4.69) is 9.73 Å². The van der Waals surface area contributed by atoms with E-state index in [1.165, 1.54) is 13.0 Å². The summed E-state index contributed by atoms with van der Waals surface area (Å²) in [6, 6.07) is 5.33. The van der Waals surface area contributed by atoms with Crippen molar-refractivity contribution in [1.29, 1.82) is 0 Å². The van der Waals surface area contributed by atoms with E-state index in [1.807, 2.05) is 0 Å². The lowest BCUT2D eigenvalue weighted by Crippen LogP contribution is -2.25. The molecule has 0 spiro atoms. The van der Waals surface area contributed by atoms with Crippen molar-refractivity contribution in [3.63, 3.8) is 0 Å². The minimum atomic E-state index is -4.96. The van der Waals surface area contributed by atoms with Crippen molar-refractivity contribution < 1.29 is 45.8 Å². The van der Waals surface area contributed by atoms with Gasteiger partial charge in [-0.05, 0) is 43.3 Å². The number of thiazole rings is 1. The molecular weight excluding hydrogens is 466 g/mol. The van der Waals surface area contributed by atoms with Gasteiger partial charge in [0.05, 0.1) is 15.8 Å². The molecule has 1 heterocycles. The maximum atomic E-state index is 12.9. The fourth-order valence-electron chi connectivity index (χ4n) is 2.76. The van der Waals surface area contributed by atoms with Gasteiger partial charge in [-0.25, -0.2) is 4.79 Å². The molecule has 6 nitrogen and oxygen atoms in total. The van der Waals surface area contributed by atoms with E-state index in [0.717, 1.165) is 34.9 Å². The van der Waals surface area contributed by atoms with Gasteiger partial charge < -0.3 is 14.4 Å². The number of carboxylic acids is 1. The molecule has 0 radical (unpaired) electrons. The number of carbonyl (C=O) groups is 2. The maximum Gasteiger partial charge on any atom is 0.573 e. The first-order chi connectivity index (χ1) is 14.8. The standard InChI is InChI=1S/C19H12F6N2O4S/c1-9(16(29)30)27-13-6-5-12(31-19(23,24)25)8-14(13)32-17(27)26-15(28)10-3-2-4-11(7-10)18(20,21)22/h2-9H,1H3,(H,29,30)/b26-17-. The molecular formula is C19H12F6N2O4S. The molecule has 0 aliphatic rings. The zero-order valence-electron chi connectivity index (χ0n) is 15.9. The van der Waals surface area contributed by atoms with E-state index in [4.69, 9.17) is 0 Å². The number of rotatable bonds is 4. The molecule has 0 aliphatic carbocycles. The fraction of sp³-hybridized carbons (Fsp3) is 0.211. The summed E-state index contributed by atoms with van der Waals surface area (Å²) in [5, 5.41) is 9.38. The highest BCUT2D eigenvalue weighted by Gasteiger charge is 2.32. The number of benzene rings is 2. The Morgan fingerprint density at radius 3 is 2.38 bits per heavy atom. The minimum Gasteiger partial charge on any atom is -0.480 e. The van der Waals surface area contributed by atoms with Gasteiger partial charge in [0.1, 0.15) is 11.8 Å². The van der Waals surface area contributed by atoms with Gasteiger partial charge in [-0.3, -0.25) is 4.79 Å². The minimum absolute atomic E-state index is 0.121. The summed E-state index contributed by atoms with van der Waals surface area (Å²) in [5.41, 5.74) is -1.32. The first-order valence-corrected chi connectivity index (χ1v) is 9.48. The van der Waals surface area contributed by atoms with Crippen LogP contribution < -0.4 is 9.54 Å². The van der Waals surface area contributed by atoms with Gasteiger partial charge in [-0.1, -0.05) is 17.4 Å². The number of carbonyl (C=O) groups excluding carboxylic acids is 1. The number of alkyl halides is 6. The molecule has 170 valence electrons. The Labute approximate surface area is 179 Å². The van der Waals surface area contributed by atoms with Crippen molar-refractivity contribution in [3.8, 4) is 5.75 Å². The molecule has 0 saturated heterocycles. The average Bonchev–Trinajstić information content (AvgIpc) is 3.02. The number of halogens is 6. The van der Waals surface area contributed by atoms with Crippen LogP contribution in [0.5, 0.6) is 5.75 Å². The van der Waals surface area contributed by atoms with E-state index in [9.17, 15) is 41.0 Å². The van der Waals surface area contributed by atoms with Gasteiger partial charge in [-0.2, -0.15) is 18.2 Å². The third kappa shape index (κ3) is 5.10. The summed E-state index contributed by atoms with van der Waals surface area (Å²) < 4.78 is 81.3. The average molecular weight is 478 g/mol. The molecule has 0 bridgehead atoms. The number of amides is 1. The van der Waals surface area contributed by atoms with Crippen molar-refractivity contribution in [1.82, 2.24) is 4.57 Å². The Hall–Kier alpha value is -3.35. The number of aromatic nitrogens is 1. The van der Waals surface area contributed by atoms with Crippen molar-refractivity contribution >= 4 is 33.4 Å². The molecule has 1 unspecified atom stereocenters. The smallest absolute Gasteiger partial charge is 0.480 e. The van der Waals surface area contributed by atoms with Gasteiger partial charge in [-0.15, -0.1) is 13.2 Å². The van der Waals surface area contributed by atoms with Crippen molar-refractivity contribution in [2.75, 3.05) is 0 Å². The van der Waals surface area contributed by atoms with Crippen molar-refractivity contribution in [2.45, 2.75) is 25.5 Å². The summed E-state index contributed by atoms with van der Waals surface area (Å²) in [6.07, 6.45) is -9.65. The van der Waals surface area contributed by atoms with Crippen LogP contribution >= 0.6 is 11.3 Å². The maximum absolute atomic E-state index is 12.9. The Balaban J connectivity index is 2.15. The van der Waals surface area contributed by atoms with E-state index in [-0.39, 0.29) is 15.0 Å². The molecule has 0 fully saturated rings. The van der Waals surface area contributed by atoms with Gasteiger partial charge in [0.2, 0.25) is 0 Å². The molecule has 1 aromatic heterocycles. The van der Waals surface area contributed by atoms with Gasteiger partial charge in [0.25, 0.3) is 5.91 Å². The largest absolute Gasteiger partial charge is 0.573 e. The number of carboxylic acid groups (broad SMARTS) is 1. The molecule has 1 atom stereocenters. The second-order valence-corrected chi connectivity index (χ2v) is 7.45. The quantitative estimate of drug-likeness (QED) is 0.535. The molecule has 13 heteroatoms. The second kappa shape index (κ2) is 8.30. The lowest BCUT2D eigenvalue weighted by atomic mass is 10.1. The lowest BCUT2D eigenvalue weighted by Gasteiger charge is -2.11. The molecule has 1 N–H and O–H groups in total. The highest BCUT2D eigenvalue weighted by atomic mass is 32.1. The summed E-state index contributed by atoms with van der Waals surface area (Å²) in [7, 11) is 0. The second-order valence-electron chi connectivity index (χ2n) is 6.44. The van der Waals surface area contributed by atoms with Crippen molar-refractivity contribution in [3.05, 3.63) is 58.4 Å². The third-order valence-corrected chi connectivity index (χ3v) is 5.23. The number of hydrogen-bond donors (Lipinski definition) is 1. The number of aliphatic carboxylic acids is 1. The Bertz CT molecular complexity index is 1260. The summed E-state index contributed by atoms with van der Waals surface area (Å²) in [6.45, 7) is 1.25. The SMILES string of the molecule is CC(C(=O)O)n1/c(=N/C(=O)c2cccc(C(F)(F)F)c2)sc2cc(OC(F)(F)F)ccc21. The van der Waals surface area contributed by atoms with Crippen LogP contribution in [-0.2, 0) is 11.0 Å². The fourth-order valence-corrected chi connectivity index (χ4v) is 3.89. The van der Waals surface area contributed by atoms with Gasteiger partial charge in [0.15, 0.2) is 4.80 Å².